The molecule has 2 amide bonds. The first-order valence-corrected chi connectivity index (χ1v) is 10.5. The van der Waals surface area contributed by atoms with E-state index in [2.05, 4.69) is 10.6 Å². The third-order valence-corrected chi connectivity index (χ3v) is 4.94. The summed E-state index contributed by atoms with van der Waals surface area (Å²) in [5, 5.41) is 7.60. The van der Waals surface area contributed by atoms with Crippen molar-refractivity contribution in [3.63, 3.8) is 0 Å². The van der Waals surface area contributed by atoms with E-state index < -0.39 is 0 Å². The van der Waals surface area contributed by atoms with Crippen molar-refractivity contribution in [1.29, 1.82) is 0 Å². The summed E-state index contributed by atoms with van der Waals surface area (Å²) in [6, 6.07) is 10.4. The van der Waals surface area contributed by atoms with Crippen molar-refractivity contribution in [2.45, 2.75) is 26.8 Å². The molecular formula is C21H27N3O4S. The van der Waals surface area contributed by atoms with Gasteiger partial charge in [0, 0.05) is 10.6 Å². The molecule has 0 radical (unpaired) electrons. The number of likely N-dealkylation sites (N-methyl/N-ethyl adjacent to an activating group) is 1. The first-order valence-electron chi connectivity index (χ1n) is 9.60. The van der Waals surface area contributed by atoms with Gasteiger partial charge in [-0.2, -0.15) is 0 Å². The summed E-state index contributed by atoms with van der Waals surface area (Å²) in [4.78, 5) is 39.0. The van der Waals surface area contributed by atoms with Crippen LogP contribution in [0.3, 0.4) is 0 Å². The first kappa shape index (κ1) is 22.6. The molecule has 0 fully saturated rings. The predicted octanol–water partition coefficient (Wildman–Crippen LogP) is 2.89. The number of nitrogens with one attached hydrogen (secondary N) is 2. The van der Waals surface area contributed by atoms with Gasteiger partial charge >= 0.3 is 5.97 Å². The van der Waals surface area contributed by atoms with Crippen molar-refractivity contribution in [2.75, 3.05) is 31.6 Å². The average Bonchev–Trinajstić information content (AvgIpc) is 3.24. The zero-order valence-electron chi connectivity index (χ0n) is 16.8. The summed E-state index contributed by atoms with van der Waals surface area (Å²) in [7, 11) is 0. The lowest BCUT2D eigenvalue weighted by molar-refractivity contribution is -0.123. The lowest BCUT2D eigenvalue weighted by atomic mass is 10.2. The zero-order valence-corrected chi connectivity index (χ0v) is 17.6. The number of carbonyl (C=O) groups is 3. The Morgan fingerprint density at radius 2 is 1.76 bits per heavy atom. The van der Waals surface area contributed by atoms with Crippen LogP contribution < -0.4 is 10.6 Å². The van der Waals surface area contributed by atoms with Crippen LogP contribution in [0, 0.1) is 0 Å². The second-order valence-corrected chi connectivity index (χ2v) is 7.45. The van der Waals surface area contributed by atoms with Gasteiger partial charge in [-0.1, -0.05) is 19.9 Å². The summed E-state index contributed by atoms with van der Waals surface area (Å²) in [6.07, 6.45) is 0.764. The van der Waals surface area contributed by atoms with Crippen molar-refractivity contribution < 1.29 is 19.1 Å². The number of carbonyl (C=O) groups excluding carboxylic acids is 3. The number of nitrogens with zero attached hydrogens (tertiary/aromatic N) is 1. The molecule has 1 aromatic carbocycles. The summed E-state index contributed by atoms with van der Waals surface area (Å²) < 4.78 is 5.08. The first-order chi connectivity index (χ1) is 14.0. The molecule has 1 heterocycles. The largest absolute Gasteiger partial charge is 0.462 e. The Bertz CT molecular complexity index is 791. The minimum Gasteiger partial charge on any atom is -0.462 e. The van der Waals surface area contributed by atoms with Gasteiger partial charge in [0.15, 0.2) is 0 Å². The molecule has 2 N–H and O–H groups in total. The number of ether oxygens (including phenoxy) is 1. The number of hydrogen-bond acceptors (Lipinski definition) is 6. The van der Waals surface area contributed by atoms with E-state index in [1.165, 1.54) is 0 Å². The number of rotatable bonds is 11. The molecule has 0 atom stereocenters. The Morgan fingerprint density at radius 1 is 1.03 bits per heavy atom. The van der Waals surface area contributed by atoms with Crippen LogP contribution in [0.25, 0.3) is 0 Å². The fourth-order valence-corrected chi connectivity index (χ4v) is 3.15. The Hall–Kier alpha value is -2.71. The smallest absolute Gasteiger partial charge is 0.338 e. The summed E-state index contributed by atoms with van der Waals surface area (Å²) in [5.74, 6) is -0.724. The lowest BCUT2D eigenvalue weighted by Gasteiger charge is -2.19. The second kappa shape index (κ2) is 12.0. The summed E-state index contributed by atoms with van der Waals surface area (Å²) in [5.41, 5.74) is 1.02. The molecule has 2 aromatic rings. The SMILES string of the molecule is CCCOC(=O)c1ccc(NC(=O)CN(CC)CC(=O)NCc2cccs2)cc1. The van der Waals surface area contributed by atoms with Gasteiger partial charge in [-0.3, -0.25) is 14.5 Å². The maximum Gasteiger partial charge on any atom is 0.338 e. The van der Waals surface area contributed by atoms with Gasteiger partial charge in [0.05, 0.1) is 31.8 Å². The summed E-state index contributed by atoms with van der Waals surface area (Å²) >= 11 is 1.59. The zero-order chi connectivity index (χ0) is 21.1. The van der Waals surface area contributed by atoms with E-state index in [1.54, 1.807) is 40.5 Å². The van der Waals surface area contributed by atoms with Gasteiger partial charge < -0.3 is 15.4 Å². The van der Waals surface area contributed by atoms with Crippen molar-refractivity contribution >= 4 is 34.8 Å². The molecule has 0 saturated carbocycles. The highest BCUT2D eigenvalue weighted by Crippen LogP contribution is 2.11. The second-order valence-electron chi connectivity index (χ2n) is 6.42. The quantitative estimate of drug-likeness (QED) is 0.549. The number of esters is 1. The third-order valence-electron chi connectivity index (χ3n) is 4.06. The fourth-order valence-electron chi connectivity index (χ4n) is 2.51. The maximum absolute atomic E-state index is 12.3. The molecule has 2 rings (SSSR count). The van der Waals surface area contributed by atoms with Crippen molar-refractivity contribution in [1.82, 2.24) is 10.2 Å². The number of hydrogen-bond donors (Lipinski definition) is 2. The molecule has 0 aliphatic heterocycles. The highest BCUT2D eigenvalue weighted by atomic mass is 32.1. The molecule has 7 nitrogen and oxygen atoms in total. The number of anilines is 1. The van der Waals surface area contributed by atoms with E-state index in [-0.39, 0.29) is 30.9 Å². The predicted molar refractivity (Wildman–Crippen MR) is 114 cm³/mol. The van der Waals surface area contributed by atoms with E-state index in [0.29, 0.717) is 30.9 Å². The lowest BCUT2D eigenvalue weighted by Crippen LogP contribution is -2.40. The molecular weight excluding hydrogens is 390 g/mol. The van der Waals surface area contributed by atoms with Crippen molar-refractivity contribution in [3.05, 3.63) is 52.2 Å². The maximum atomic E-state index is 12.3. The van der Waals surface area contributed by atoms with E-state index >= 15 is 0 Å². The Labute approximate surface area is 175 Å². The van der Waals surface area contributed by atoms with Crippen LogP contribution in [0.15, 0.2) is 41.8 Å². The van der Waals surface area contributed by atoms with Crippen LogP contribution in [0.1, 0.15) is 35.5 Å². The minimum atomic E-state index is -0.379. The Morgan fingerprint density at radius 3 is 2.38 bits per heavy atom. The van der Waals surface area contributed by atoms with Crippen LogP contribution in [-0.2, 0) is 20.9 Å². The van der Waals surface area contributed by atoms with Gasteiger partial charge in [-0.25, -0.2) is 4.79 Å². The number of benzene rings is 1. The van der Waals surface area contributed by atoms with Gasteiger partial charge in [0.25, 0.3) is 0 Å². The molecule has 0 aliphatic rings. The molecule has 0 aliphatic carbocycles. The van der Waals surface area contributed by atoms with E-state index in [9.17, 15) is 14.4 Å². The van der Waals surface area contributed by atoms with Crippen LogP contribution in [0.4, 0.5) is 5.69 Å². The molecule has 0 spiro atoms. The normalized spacial score (nSPS) is 10.6. The van der Waals surface area contributed by atoms with Crippen LogP contribution >= 0.6 is 11.3 Å². The van der Waals surface area contributed by atoms with Crippen LogP contribution in [0.2, 0.25) is 0 Å². The van der Waals surface area contributed by atoms with Crippen molar-refractivity contribution in [2.24, 2.45) is 0 Å². The van der Waals surface area contributed by atoms with Crippen molar-refractivity contribution in [3.8, 4) is 0 Å². The standard InChI is InChI=1S/C21H27N3O4S/c1-3-11-28-21(27)16-7-9-17(10-8-16)23-20(26)15-24(4-2)14-19(25)22-13-18-6-5-12-29-18/h5-10,12H,3-4,11,13-15H2,1-2H3,(H,22,25)(H,23,26). The van der Waals surface area contributed by atoms with Gasteiger partial charge in [-0.15, -0.1) is 11.3 Å². The Kier molecular flexibility index (Phi) is 9.33. The fraction of sp³-hybridized carbons (Fsp3) is 0.381. The van der Waals surface area contributed by atoms with E-state index in [0.717, 1.165) is 11.3 Å². The molecule has 0 bridgehead atoms. The number of amides is 2. The van der Waals surface area contributed by atoms with Gasteiger partial charge in [0.2, 0.25) is 11.8 Å². The van der Waals surface area contributed by atoms with E-state index in [4.69, 9.17) is 4.74 Å². The molecule has 29 heavy (non-hydrogen) atoms. The molecule has 0 saturated heterocycles. The van der Waals surface area contributed by atoms with Gasteiger partial charge in [-0.05, 0) is 48.7 Å². The molecule has 156 valence electrons. The minimum absolute atomic E-state index is 0.100. The number of thiophene rings is 1. The molecule has 8 heteroatoms. The molecule has 1 aromatic heterocycles. The van der Waals surface area contributed by atoms with Gasteiger partial charge in [0.1, 0.15) is 0 Å². The van der Waals surface area contributed by atoms with E-state index in [1.807, 2.05) is 31.4 Å². The van der Waals surface area contributed by atoms with Crippen LogP contribution in [-0.4, -0.2) is 48.9 Å². The monoisotopic (exact) mass is 417 g/mol. The topological polar surface area (TPSA) is 87.7 Å². The molecule has 0 unspecified atom stereocenters. The summed E-state index contributed by atoms with van der Waals surface area (Å²) in [6.45, 7) is 5.52. The average molecular weight is 418 g/mol. The van der Waals surface area contributed by atoms with Crippen LogP contribution in [0.5, 0.6) is 0 Å². The highest BCUT2D eigenvalue weighted by Gasteiger charge is 2.14. The Balaban J connectivity index is 1.78. The third kappa shape index (κ3) is 8.05. The highest BCUT2D eigenvalue weighted by molar-refractivity contribution is 7.09.